The number of alkyl halides is 3. The van der Waals surface area contributed by atoms with E-state index in [0.717, 1.165) is 25.0 Å². The summed E-state index contributed by atoms with van der Waals surface area (Å²) >= 11 is 0. The van der Waals surface area contributed by atoms with Gasteiger partial charge in [0.1, 0.15) is 11.6 Å². The Kier molecular flexibility index (Phi) is 5.88. The van der Waals surface area contributed by atoms with Crippen LogP contribution < -0.4 is 4.74 Å². The van der Waals surface area contributed by atoms with Gasteiger partial charge in [0.15, 0.2) is 12.4 Å². The molecule has 1 amide bonds. The van der Waals surface area contributed by atoms with E-state index in [2.05, 4.69) is 20.2 Å². The Hall–Kier alpha value is -3.43. The molecule has 0 saturated carbocycles. The predicted molar refractivity (Wildman–Crippen MR) is 105 cm³/mol. The van der Waals surface area contributed by atoms with Crippen molar-refractivity contribution in [3.05, 3.63) is 60.2 Å². The van der Waals surface area contributed by atoms with Gasteiger partial charge in [-0.1, -0.05) is 12.1 Å². The number of pyridine rings is 1. The number of carbonyl (C=O) groups is 1. The van der Waals surface area contributed by atoms with E-state index in [0.29, 0.717) is 24.5 Å². The van der Waals surface area contributed by atoms with Gasteiger partial charge in [-0.25, -0.2) is 4.98 Å². The molecule has 0 unspecified atom stereocenters. The van der Waals surface area contributed by atoms with Gasteiger partial charge in [0, 0.05) is 24.5 Å². The van der Waals surface area contributed by atoms with Crippen LogP contribution in [-0.4, -0.2) is 44.1 Å². The van der Waals surface area contributed by atoms with Crippen LogP contribution in [0.3, 0.4) is 0 Å². The van der Waals surface area contributed by atoms with Crippen LogP contribution >= 0.6 is 0 Å². The van der Waals surface area contributed by atoms with Crippen LogP contribution in [0.1, 0.15) is 36.7 Å². The van der Waals surface area contributed by atoms with Crippen LogP contribution in [0.4, 0.5) is 13.2 Å². The van der Waals surface area contributed by atoms with Gasteiger partial charge in [-0.05, 0) is 43.5 Å². The average molecular weight is 431 g/mol. The Bertz CT molecular complexity index is 1040. The number of piperidine rings is 1. The normalized spacial score (nSPS) is 16.9. The summed E-state index contributed by atoms with van der Waals surface area (Å²) in [5.41, 5.74) is -0.508. The topological polar surface area (TPSA) is 84.0 Å². The summed E-state index contributed by atoms with van der Waals surface area (Å²) in [6, 6.07) is 7.85. The summed E-state index contributed by atoms with van der Waals surface area (Å²) in [5, 5.41) is 6.90. The SMILES string of the molecule is O=C(COc1ccncc1)N1CCCC[C@@H]1c1nc(-c2cccc(C(F)(F)F)c2)n[nH]1. The molecule has 1 aromatic carbocycles. The van der Waals surface area contributed by atoms with Gasteiger partial charge in [0.2, 0.25) is 0 Å². The van der Waals surface area contributed by atoms with Gasteiger partial charge >= 0.3 is 6.18 Å². The van der Waals surface area contributed by atoms with Crippen LogP contribution in [0, 0.1) is 0 Å². The summed E-state index contributed by atoms with van der Waals surface area (Å²) in [4.78, 5) is 22.8. The molecule has 1 atom stereocenters. The highest BCUT2D eigenvalue weighted by molar-refractivity contribution is 5.78. The maximum absolute atomic E-state index is 13.0. The van der Waals surface area contributed by atoms with Crippen molar-refractivity contribution in [3.8, 4) is 17.1 Å². The van der Waals surface area contributed by atoms with Gasteiger partial charge in [0.05, 0.1) is 11.6 Å². The summed E-state index contributed by atoms with van der Waals surface area (Å²) in [7, 11) is 0. The van der Waals surface area contributed by atoms with E-state index in [1.165, 1.54) is 12.1 Å². The van der Waals surface area contributed by atoms with Crippen molar-refractivity contribution in [1.82, 2.24) is 25.1 Å². The highest BCUT2D eigenvalue weighted by Gasteiger charge is 2.32. The summed E-state index contributed by atoms with van der Waals surface area (Å²) in [6.45, 7) is 0.415. The zero-order valence-electron chi connectivity index (χ0n) is 16.5. The number of carbonyl (C=O) groups excluding carboxylic acids is 1. The van der Waals surface area contributed by atoms with Crippen LogP contribution in [0.2, 0.25) is 0 Å². The lowest BCUT2D eigenvalue weighted by molar-refractivity contribution is -0.138. The predicted octanol–water partition coefficient (Wildman–Crippen LogP) is 4.02. The van der Waals surface area contributed by atoms with Crippen molar-refractivity contribution in [2.75, 3.05) is 13.2 Å². The lowest BCUT2D eigenvalue weighted by Gasteiger charge is -2.34. The number of nitrogens with zero attached hydrogens (tertiary/aromatic N) is 4. The number of hydrogen-bond acceptors (Lipinski definition) is 5. The average Bonchev–Trinajstić information content (AvgIpc) is 3.28. The van der Waals surface area contributed by atoms with Crippen molar-refractivity contribution >= 4 is 5.91 Å². The molecule has 0 spiro atoms. The monoisotopic (exact) mass is 431 g/mol. The Morgan fingerprint density at radius 3 is 2.77 bits per heavy atom. The number of rotatable bonds is 5. The minimum Gasteiger partial charge on any atom is -0.484 e. The molecular weight excluding hydrogens is 411 g/mol. The van der Waals surface area contributed by atoms with Crippen molar-refractivity contribution in [1.29, 1.82) is 0 Å². The zero-order valence-corrected chi connectivity index (χ0v) is 16.5. The molecule has 1 saturated heterocycles. The Labute approximate surface area is 176 Å². The highest BCUT2D eigenvalue weighted by atomic mass is 19.4. The number of H-pyrrole nitrogens is 1. The van der Waals surface area contributed by atoms with Crippen LogP contribution in [0.15, 0.2) is 48.8 Å². The first-order valence-corrected chi connectivity index (χ1v) is 9.84. The number of ether oxygens (including phenoxy) is 1. The first kappa shape index (κ1) is 20.8. The van der Waals surface area contributed by atoms with E-state index in [9.17, 15) is 18.0 Å². The molecule has 2 aromatic heterocycles. The first-order valence-electron chi connectivity index (χ1n) is 9.84. The molecule has 1 fully saturated rings. The minimum absolute atomic E-state index is 0.130. The molecule has 7 nitrogen and oxygen atoms in total. The van der Waals surface area contributed by atoms with Crippen molar-refractivity contribution in [3.63, 3.8) is 0 Å². The maximum atomic E-state index is 13.0. The van der Waals surface area contributed by atoms with E-state index in [1.807, 2.05) is 0 Å². The molecule has 1 N–H and O–H groups in total. The Morgan fingerprint density at radius 1 is 1.19 bits per heavy atom. The van der Waals surface area contributed by atoms with Crippen LogP contribution in [0.5, 0.6) is 5.75 Å². The molecule has 0 radical (unpaired) electrons. The van der Waals surface area contributed by atoms with Crippen molar-refractivity contribution in [2.24, 2.45) is 0 Å². The molecule has 0 aliphatic carbocycles. The number of aromatic nitrogens is 4. The van der Waals surface area contributed by atoms with Gasteiger partial charge < -0.3 is 9.64 Å². The fraction of sp³-hybridized carbons (Fsp3) is 0.333. The molecule has 3 heterocycles. The Morgan fingerprint density at radius 2 is 2.00 bits per heavy atom. The van der Waals surface area contributed by atoms with E-state index in [-0.39, 0.29) is 29.9 Å². The summed E-state index contributed by atoms with van der Waals surface area (Å²) < 4.78 is 44.6. The first-order chi connectivity index (χ1) is 14.9. The van der Waals surface area contributed by atoms with Crippen molar-refractivity contribution < 1.29 is 22.7 Å². The number of halogens is 3. The van der Waals surface area contributed by atoms with E-state index < -0.39 is 11.7 Å². The zero-order chi connectivity index (χ0) is 21.8. The number of nitrogens with one attached hydrogen (secondary N) is 1. The third-order valence-electron chi connectivity index (χ3n) is 5.10. The van der Waals surface area contributed by atoms with Crippen LogP contribution in [-0.2, 0) is 11.0 Å². The van der Waals surface area contributed by atoms with E-state index in [4.69, 9.17) is 4.74 Å². The smallest absolute Gasteiger partial charge is 0.416 e. The fourth-order valence-electron chi connectivity index (χ4n) is 3.56. The Balaban J connectivity index is 1.50. The third-order valence-corrected chi connectivity index (χ3v) is 5.10. The second kappa shape index (κ2) is 8.75. The molecule has 4 rings (SSSR count). The quantitative estimate of drug-likeness (QED) is 0.660. The lowest BCUT2D eigenvalue weighted by Crippen LogP contribution is -2.41. The molecule has 162 valence electrons. The molecule has 10 heteroatoms. The second-order valence-electron chi connectivity index (χ2n) is 7.19. The number of amides is 1. The standard InChI is InChI=1S/C21H20F3N5O2/c22-21(23,24)15-5-3-4-14(12-15)19-26-20(28-27-19)17-6-1-2-11-29(17)18(30)13-31-16-7-9-25-10-8-16/h3-5,7-10,12,17H,1-2,6,11,13H2,(H,26,27,28)/t17-/m1/s1. The molecule has 0 bridgehead atoms. The van der Waals surface area contributed by atoms with Gasteiger partial charge in [-0.2, -0.15) is 18.3 Å². The van der Waals surface area contributed by atoms with E-state index >= 15 is 0 Å². The summed E-state index contributed by atoms with van der Waals surface area (Å²) in [5.74, 6) is 0.957. The second-order valence-corrected chi connectivity index (χ2v) is 7.19. The molecule has 1 aliphatic heterocycles. The highest BCUT2D eigenvalue weighted by Crippen LogP contribution is 2.33. The van der Waals surface area contributed by atoms with Gasteiger partial charge in [0.25, 0.3) is 5.91 Å². The summed E-state index contributed by atoms with van der Waals surface area (Å²) in [6.07, 6.45) is 1.14. The van der Waals surface area contributed by atoms with Gasteiger partial charge in [-0.3, -0.25) is 14.9 Å². The third kappa shape index (κ3) is 4.84. The number of likely N-dealkylation sites (tertiary alicyclic amines) is 1. The maximum Gasteiger partial charge on any atom is 0.416 e. The van der Waals surface area contributed by atoms with Gasteiger partial charge in [-0.15, -0.1) is 0 Å². The van der Waals surface area contributed by atoms with E-state index in [1.54, 1.807) is 29.4 Å². The largest absolute Gasteiger partial charge is 0.484 e. The number of hydrogen-bond donors (Lipinski definition) is 1. The molecular formula is C21H20F3N5O2. The fourth-order valence-corrected chi connectivity index (χ4v) is 3.56. The number of aromatic amines is 1. The minimum atomic E-state index is -4.45. The van der Waals surface area contributed by atoms with Crippen LogP contribution in [0.25, 0.3) is 11.4 Å². The molecule has 3 aromatic rings. The molecule has 31 heavy (non-hydrogen) atoms. The molecule has 1 aliphatic rings. The lowest BCUT2D eigenvalue weighted by atomic mass is 10.0. The number of benzene rings is 1. The van der Waals surface area contributed by atoms with Crippen molar-refractivity contribution in [2.45, 2.75) is 31.5 Å².